The van der Waals surface area contributed by atoms with Gasteiger partial charge in [0.15, 0.2) is 21.3 Å². The Morgan fingerprint density at radius 2 is 2.00 bits per heavy atom. The molecule has 0 aromatic heterocycles. The predicted octanol–water partition coefficient (Wildman–Crippen LogP) is 0.644. The number of sulfone groups is 1. The zero-order valence-electron chi connectivity index (χ0n) is 12.6. The second-order valence-corrected chi connectivity index (χ2v) is 8.08. The van der Waals surface area contributed by atoms with Crippen LogP contribution in [0.4, 0.5) is 0 Å². The molecule has 22 heavy (non-hydrogen) atoms. The Bertz CT molecular complexity index is 700. The molecule has 6 nitrogen and oxygen atoms in total. The quantitative estimate of drug-likeness (QED) is 0.812. The summed E-state index contributed by atoms with van der Waals surface area (Å²) < 4.78 is 33.9. The highest BCUT2D eigenvalue weighted by molar-refractivity contribution is 7.92. The molecule has 2 atom stereocenters. The number of ether oxygens (including phenoxy) is 2. The summed E-state index contributed by atoms with van der Waals surface area (Å²) in [6, 6.07) is 5.22. The molecule has 3 rings (SSSR count). The molecule has 2 heterocycles. The molecule has 2 unspecified atom stereocenters. The van der Waals surface area contributed by atoms with Crippen molar-refractivity contribution in [3.63, 3.8) is 0 Å². The average Bonchev–Trinajstić information content (AvgIpc) is 3.02. The van der Waals surface area contributed by atoms with Crippen molar-refractivity contribution in [2.75, 3.05) is 26.5 Å². The average molecular weight is 325 g/mol. The molecule has 2 bridgehead atoms. The summed E-state index contributed by atoms with van der Waals surface area (Å²) >= 11 is 0. The van der Waals surface area contributed by atoms with E-state index in [1.165, 1.54) is 0 Å². The first-order chi connectivity index (χ1) is 10.4. The van der Waals surface area contributed by atoms with Gasteiger partial charge in [-0.3, -0.25) is 4.79 Å². The fourth-order valence-electron chi connectivity index (χ4n) is 3.27. The van der Waals surface area contributed by atoms with Crippen LogP contribution in [0.2, 0.25) is 0 Å². The van der Waals surface area contributed by atoms with Crippen molar-refractivity contribution >= 4 is 15.7 Å². The van der Waals surface area contributed by atoms with Gasteiger partial charge in [-0.1, -0.05) is 6.07 Å². The van der Waals surface area contributed by atoms with Crippen LogP contribution in [0.15, 0.2) is 18.2 Å². The van der Waals surface area contributed by atoms with E-state index in [9.17, 15) is 13.2 Å². The molecule has 0 saturated carbocycles. The first-order valence-electron chi connectivity index (χ1n) is 7.16. The standard InChI is InChI=1S/C15H19NO5S/c1-20-13-4-3-10(5-14(13)21-2)6-15(17)16-8-12-7-11(16)9-22(12,18)19/h3-5,11-12H,6-9H2,1-2H3. The van der Waals surface area contributed by atoms with Crippen molar-refractivity contribution in [1.29, 1.82) is 0 Å². The molecular weight excluding hydrogens is 306 g/mol. The summed E-state index contributed by atoms with van der Waals surface area (Å²) in [7, 11) is 0.132. The number of rotatable bonds is 4. The zero-order valence-corrected chi connectivity index (χ0v) is 13.4. The third-order valence-corrected chi connectivity index (χ3v) is 6.64. The lowest BCUT2D eigenvalue weighted by atomic mass is 10.1. The fourth-order valence-corrected chi connectivity index (χ4v) is 5.30. The van der Waals surface area contributed by atoms with Gasteiger partial charge in [0.05, 0.1) is 31.6 Å². The van der Waals surface area contributed by atoms with Gasteiger partial charge in [-0.05, 0) is 24.1 Å². The molecule has 2 fully saturated rings. The van der Waals surface area contributed by atoms with Crippen molar-refractivity contribution in [3.8, 4) is 11.5 Å². The molecule has 120 valence electrons. The van der Waals surface area contributed by atoms with Crippen molar-refractivity contribution < 1.29 is 22.7 Å². The van der Waals surface area contributed by atoms with Gasteiger partial charge < -0.3 is 14.4 Å². The Morgan fingerprint density at radius 3 is 2.55 bits per heavy atom. The Kier molecular flexibility index (Phi) is 3.76. The Hall–Kier alpha value is -1.76. The van der Waals surface area contributed by atoms with Crippen LogP contribution in [0.3, 0.4) is 0 Å². The number of likely N-dealkylation sites (tertiary alicyclic amines) is 1. The summed E-state index contributed by atoms with van der Waals surface area (Å²) in [5.74, 6) is 1.27. The molecule has 1 amide bonds. The molecule has 0 aliphatic carbocycles. The van der Waals surface area contributed by atoms with Crippen LogP contribution in [-0.2, 0) is 21.1 Å². The summed E-state index contributed by atoms with van der Waals surface area (Å²) in [5, 5.41) is -0.369. The number of methoxy groups -OCH3 is 2. The number of hydrogen-bond acceptors (Lipinski definition) is 5. The normalized spacial score (nSPS) is 25.3. The van der Waals surface area contributed by atoms with Crippen molar-refractivity contribution in [2.45, 2.75) is 24.1 Å². The number of amides is 1. The maximum atomic E-state index is 12.4. The number of carbonyl (C=O) groups is 1. The van der Waals surface area contributed by atoms with Crippen LogP contribution in [-0.4, -0.2) is 57.0 Å². The number of hydrogen-bond donors (Lipinski definition) is 0. The molecule has 2 saturated heterocycles. The van der Waals surface area contributed by atoms with Gasteiger partial charge in [0, 0.05) is 12.6 Å². The molecule has 2 aliphatic rings. The van der Waals surface area contributed by atoms with Crippen LogP contribution < -0.4 is 9.47 Å². The lowest BCUT2D eigenvalue weighted by molar-refractivity contribution is -0.131. The monoisotopic (exact) mass is 325 g/mol. The maximum absolute atomic E-state index is 12.4. The minimum absolute atomic E-state index is 0.0328. The van der Waals surface area contributed by atoms with E-state index in [0.717, 1.165) is 5.56 Å². The number of fused-ring (bicyclic) bond motifs is 2. The molecule has 7 heteroatoms. The molecular formula is C15H19NO5S. The van der Waals surface area contributed by atoms with Gasteiger partial charge in [0.2, 0.25) is 5.91 Å². The number of carbonyl (C=O) groups excluding carboxylic acids is 1. The van der Waals surface area contributed by atoms with Crippen LogP contribution >= 0.6 is 0 Å². The van der Waals surface area contributed by atoms with Crippen molar-refractivity contribution in [1.82, 2.24) is 4.90 Å². The van der Waals surface area contributed by atoms with Crippen molar-refractivity contribution in [2.24, 2.45) is 0 Å². The highest BCUT2D eigenvalue weighted by atomic mass is 32.2. The summed E-state index contributed by atoms with van der Waals surface area (Å²) in [6.07, 6.45) is 0.823. The zero-order chi connectivity index (χ0) is 15.9. The van der Waals surface area contributed by atoms with E-state index >= 15 is 0 Å². The smallest absolute Gasteiger partial charge is 0.227 e. The Morgan fingerprint density at radius 1 is 1.27 bits per heavy atom. The van der Waals surface area contributed by atoms with E-state index in [0.29, 0.717) is 24.5 Å². The number of nitrogens with zero attached hydrogens (tertiary/aromatic N) is 1. The highest BCUT2D eigenvalue weighted by Crippen LogP contribution is 2.34. The van der Waals surface area contributed by atoms with Crippen LogP contribution in [0.1, 0.15) is 12.0 Å². The van der Waals surface area contributed by atoms with Gasteiger partial charge in [0.1, 0.15) is 0 Å². The SMILES string of the molecule is COc1ccc(CC(=O)N2CC3CC2CS3(=O)=O)cc1OC. The highest BCUT2D eigenvalue weighted by Gasteiger charge is 2.49. The predicted molar refractivity (Wildman–Crippen MR) is 80.9 cm³/mol. The summed E-state index contributed by atoms with van der Waals surface area (Å²) in [5.41, 5.74) is 0.827. The van der Waals surface area contributed by atoms with Crippen LogP contribution in [0, 0.1) is 0 Å². The van der Waals surface area contributed by atoms with E-state index in [-0.39, 0.29) is 29.4 Å². The lowest BCUT2D eigenvalue weighted by Crippen LogP contribution is -2.44. The Labute approximate surface area is 129 Å². The van der Waals surface area contributed by atoms with E-state index < -0.39 is 9.84 Å². The van der Waals surface area contributed by atoms with Crippen LogP contribution in [0.25, 0.3) is 0 Å². The minimum Gasteiger partial charge on any atom is -0.493 e. The maximum Gasteiger partial charge on any atom is 0.227 e. The first kappa shape index (κ1) is 15.1. The van der Waals surface area contributed by atoms with E-state index in [1.807, 2.05) is 6.07 Å². The second kappa shape index (κ2) is 5.46. The minimum atomic E-state index is -2.98. The van der Waals surface area contributed by atoms with E-state index in [2.05, 4.69) is 0 Å². The molecule has 0 N–H and O–H groups in total. The third kappa shape index (κ3) is 2.54. The van der Waals surface area contributed by atoms with Gasteiger partial charge in [-0.15, -0.1) is 0 Å². The first-order valence-corrected chi connectivity index (χ1v) is 8.88. The van der Waals surface area contributed by atoms with Crippen molar-refractivity contribution in [3.05, 3.63) is 23.8 Å². The van der Waals surface area contributed by atoms with Gasteiger partial charge >= 0.3 is 0 Å². The fraction of sp³-hybridized carbons (Fsp3) is 0.533. The second-order valence-electron chi connectivity index (χ2n) is 5.75. The molecule has 1 aromatic carbocycles. The summed E-state index contributed by atoms with van der Waals surface area (Å²) in [6.45, 7) is 0.332. The van der Waals surface area contributed by atoms with E-state index in [1.54, 1.807) is 31.3 Å². The van der Waals surface area contributed by atoms with E-state index in [4.69, 9.17) is 9.47 Å². The molecule has 0 spiro atoms. The topological polar surface area (TPSA) is 72.9 Å². The van der Waals surface area contributed by atoms with Gasteiger partial charge in [-0.25, -0.2) is 8.42 Å². The number of benzene rings is 1. The molecule has 0 radical (unpaired) electrons. The molecule has 1 aromatic rings. The Balaban J connectivity index is 1.71. The largest absolute Gasteiger partial charge is 0.493 e. The van der Waals surface area contributed by atoms with Crippen LogP contribution in [0.5, 0.6) is 11.5 Å². The summed E-state index contributed by atoms with van der Waals surface area (Å²) in [4.78, 5) is 14.1. The van der Waals surface area contributed by atoms with Gasteiger partial charge in [-0.2, -0.15) is 0 Å². The van der Waals surface area contributed by atoms with Gasteiger partial charge in [0.25, 0.3) is 0 Å². The molecule has 2 aliphatic heterocycles. The third-order valence-electron chi connectivity index (χ3n) is 4.43. The lowest BCUT2D eigenvalue weighted by Gasteiger charge is -2.27.